The number of ether oxygens (including phenoxy) is 1. The number of hydrogen-bond donors (Lipinski definition) is 2. The molecule has 2 aliphatic heterocycles. The van der Waals surface area contributed by atoms with Gasteiger partial charge in [0.25, 0.3) is 5.91 Å². The van der Waals surface area contributed by atoms with Crippen molar-refractivity contribution in [2.75, 3.05) is 36.5 Å². The predicted molar refractivity (Wildman–Crippen MR) is 150 cm³/mol. The fraction of sp³-hybridized carbons (Fsp3) is 0.548. The Bertz CT molecular complexity index is 996. The van der Waals surface area contributed by atoms with Crippen LogP contribution in [0, 0.1) is 5.92 Å². The molecule has 6 nitrogen and oxygen atoms in total. The number of unbranched alkanes of at least 4 members (excludes halogenated alkanes) is 3. The van der Waals surface area contributed by atoms with Gasteiger partial charge in [-0.3, -0.25) is 9.59 Å². The second kappa shape index (κ2) is 14.2. The molecule has 2 aromatic rings. The fourth-order valence-corrected chi connectivity index (χ4v) is 5.44. The molecule has 2 saturated heterocycles. The van der Waals surface area contributed by atoms with Gasteiger partial charge in [0.15, 0.2) is 0 Å². The summed E-state index contributed by atoms with van der Waals surface area (Å²) in [4.78, 5) is 28.2. The number of hydrogen-bond acceptors (Lipinski definition) is 4. The van der Waals surface area contributed by atoms with Gasteiger partial charge >= 0.3 is 0 Å². The summed E-state index contributed by atoms with van der Waals surface area (Å²) >= 11 is 0. The standard InChI is InChI=1S/C31H43N3O3/c1-2-3-4-8-13-30(35)33-26-14-15-29(28(22-26)31(36)32-23-27-12-9-20-37-27)34-18-16-25(17-19-34)21-24-10-6-5-7-11-24/h5-7,10-11,14-15,22,25,27H,2-4,8-9,12-13,16-21,23H2,1H3,(H,32,36)(H,33,35). The molecule has 0 spiro atoms. The van der Waals surface area contributed by atoms with Gasteiger partial charge in [-0.05, 0) is 68.2 Å². The molecule has 37 heavy (non-hydrogen) atoms. The molecule has 2 aromatic carbocycles. The molecule has 1 atom stereocenters. The number of carbonyl (C=O) groups is 2. The third kappa shape index (κ3) is 8.32. The summed E-state index contributed by atoms with van der Waals surface area (Å²) < 4.78 is 5.70. The van der Waals surface area contributed by atoms with Gasteiger partial charge in [-0.25, -0.2) is 0 Å². The Morgan fingerprint density at radius 1 is 1.00 bits per heavy atom. The second-order valence-corrected chi connectivity index (χ2v) is 10.6. The number of carbonyl (C=O) groups excluding carboxylic acids is 2. The van der Waals surface area contributed by atoms with E-state index in [1.807, 2.05) is 18.2 Å². The molecule has 0 bridgehead atoms. The highest BCUT2D eigenvalue weighted by Gasteiger charge is 2.25. The van der Waals surface area contributed by atoms with Gasteiger partial charge in [0, 0.05) is 44.0 Å². The molecular weight excluding hydrogens is 462 g/mol. The molecule has 0 aliphatic carbocycles. The Hall–Kier alpha value is -2.86. The molecule has 2 fully saturated rings. The third-order valence-electron chi connectivity index (χ3n) is 7.62. The summed E-state index contributed by atoms with van der Waals surface area (Å²) in [6.45, 7) is 5.30. The largest absolute Gasteiger partial charge is 0.376 e. The molecule has 4 rings (SSSR count). The van der Waals surface area contributed by atoms with E-state index in [-0.39, 0.29) is 17.9 Å². The van der Waals surface area contributed by atoms with Crippen molar-refractivity contribution in [1.82, 2.24) is 5.32 Å². The zero-order valence-electron chi connectivity index (χ0n) is 22.3. The monoisotopic (exact) mass is 505 g/mol. The Balaban J connectivity index is 1.41. The molecule has 2 aliphatic rings. The second-order valence-electron chi connectivity index (χ2n) is 10.6. The van der Waals surface area contributed by atoms with Gasteiger partial charge in [-0.1, -0.05) is 56.5 Å². The average molecular weight is 506 g/mol. The maximum absolute atomic E-state index is 13.3. The summed E-state index contributed by atoms with van der Waals surface area (Å²) in [7, 11) is 0. The Morgan fingerprint density at radius 2 is 1.81 bits per heavy atom. The molecule has 0 radical (unpaired) electrons. The van der Waals surface area contributed by atoms with Gasteiger partial charge in [-0.15, -0.1) is 0 Å². The van der Waals surface area contributed by atoms with Gasteiger partial charge in [0.05, 0.1) is 11.7 Å². The smallest absolute Gasteiger partial charge is 0.253 e. The van der Waals surface area contributed by atoms with E-state index in [9.17, 15) is 9.59 Å². The first-order valence-electron chi connectivity index (χ1n) is 14.2. The van der Waals surface area contributed by atoms with Gasteiger partial charge < -0.3 is 20.3 Å². The van der Waals surface area contributed by atoms with Crippen molar-refractivity contribution in [2.45, 2.75) is 77.2 Å². The van der Waals surface area contributed by atoms with Gasteiger partial charge in [-0.2, -0.15) is 0 Å². The van der Waals surface area contributed by atoms with Crippen molar-refractivity contribution < 1.29 is 14.3 Å². The molecule has 2 amide bonds. The van der Waals surface area contributed by atoms with E-state index in [1.165, 1.54) is 5.56 Å². The van der Waals surface area contributed by atoms with Crippen molar-refractivity contribution in [3.8, 4) is 0 Å². The highest BCUT2D eigenvalue weighted by molar-refractivity contribution is 6.02. The first kappa shape index (κ1) is 27.2. The maximum atomic E-state index is 13.3. The van der Waals surface area contributed by atoms with Gasteiger partial charge in [0.1, 0.15) is 0 Å². The van der Waals surface area contributed by atoms with Crippen molar-refractivity contribution in [3.63, 3.8) is 0 Å². The van der Waals surface area contributed by atoms with E-state index in [0.29, 0.717) is 30.1 Å². The van der Waals surface area contributed by atoms with E-state index >= 15 is 0 Å². The summed E-state index contributed by atoms with van der Waals surface area (Å²) in [5.41, 5.74) is 3.66. The van der Waals surface area contributed by atoms with Crippen molar-refractivity contribution >= 4 is 23.2 Å². The SMILES string of the molecule is CCCCCCC(=O)Nc1ccc(N2CCC(Cc3ccccc3)CC2)c(C(=O)NCC2CCCO2)c1. The van der Waals surface area contributed by atoms with Crippen LogP contribution in [0.4, 0.5) is 11.4 Å². The maximum Gasteiger partial charge on any atom is 0.253 e. The summed E-state index contributed by atoms with van der Waals surface area (Å²) in [5.74, 6) is 0.564. The molecule has 6 heteroatoms. The lowest BCUT2D eigenvalue weighted by atomic mass is 9.89. The zero-order chi connectivity index (χ0) is 25.9. The van der Waals surface area contributed by atoms with Crippen LogP contribution in [-0.4, -0.2) is 44.2 Å². The predicted octanol–water partition coefficient (Wildman–Crippen LogP) is 5.96. The van der Waals surface area contributed by atoms with Crippen LogP contribution in [0.1, 0.15) is 80.6 Å². The minimum Gasteiger partial charge on any atom is -0.376 e. The topological polar surface area (TPSA) is 70.7 Å². The minimum atomic E-state index is -0.101. The lowest BCUT2D eigenvalue weighted by Gasteiger charge is -2.35. The number of anilines is 2. The van der Waals surface area contributed by atoms with Crippen LogP contribution >= 0.6 is 0 Å². The van der Waals surface area contributed by atoms with Crippen LogP contribution < -0.4 is 15.5 Å². The van der Waals surface area contributed by atoms with Crippen molar-refractivity contribution in [1.29, 1.82) is 0 Å². The quantitative estimate of drug-likeness (QED) is 0.349. The molecule has 2 heterocycles. The molecule has 1 unspecified atom stereocenters. The molecule has 2 N–H and O–H groups in total. The highest BCUT2D eigenvalue weighted by atomic mass is 16.5. The van der Waals surface area contributed by atoms with Crippen LogP contribution in [-0.2, 0) is 16.0 Å². The number of nitrogens with one attached hydrogen (secondary N) is 2. The average Bonchev–Trinajstić information content (AvgIpc) is 3.45. The molecule has 200 valence electrons. The van der Waals surface area contributed by atoms with Crippen molar-refractivity contribution in [2.24, 2.45) is 5.92 Å². The first-order valence-corrected chi connectivity index (χ1v) is 14.2. The first-order chi connectivity index (χ1) is 18.1. The van der Waals surface area contributed by atoms with Crippen LogP contribution in [0.3, 0.4) is 0 Å². The van der Waals surface area contributed by atoms with Crippen LogP contribution in [0.5, 0.6) is 0 Å². The van der Waals surface area contributed by atoms with Crippen molar-refractivity contribution in [3.05, 3.63) is 59.7 Å². The lowest BCUT2D eigenvalue weighted by molar-refractivity contribution is -0.116. The number of benzene rings is 2. The minimum absolute atomic E-state index is 0.0105. The summed E-state index contributed by atoms with van der Waals surface area (Å²) in [6, 6.07) is 16.5. The molecular formula is C31H43N3O3. The van der Waals surface area contributed by atoms with E-state index in [1.54, 1.807) is 0 Å². The third-order valence-corrected chi connectivity index (χ3v) is 7.62. The number of rotatable bonds is 12. The Morgan fingerprint density at radius 3 is 2.54 bits per heavy atom. The fourth-order valence-electron chi connectivity index (χ4n) is 5.44. The van der Waals surface area contributed by atoms with Gasteiger partial charge in [0.2, 0.25) is 5.91 Å². The number of piperidine rings is 1. The lowest BCUT2D eigenvalue weighted by Crippen LogP contribution is -2.37. The van der Waals surface area contributed by atoms with E-state index in [4.69, 9.17) is 4.74 Å². The van der Waals surface area contributed by atoms with E-state index in [2.05, 4.69) is 52.8 Å². The number of amides is 2. The normalized spacial score (nSPS) is 18.1. The summed E-state index contributed by atoms with van der Waals surface area (Å²) in [5, 5.41) is 6.10. The van der Waals surface area contributed by atoms with Crippen LogP contribution in [0.15, 0.2) is 48.5 Å². The highest BCUT2D eigenvalue weighted by Crippen LogP contribution is 2.30. The number of nitrogens with zero attached hydrogens (tertiary/aromatic N) is 1. The Labute approximate surface area is 222 Å². The summed E-state index contributed by atoms with van der Waals surface area (Å²) in [6.07, 6.45) is 10.2. The van der Waals surface area contributed by atoms with E-state index in [0.717, 1.165) is 83.2 Å². The van der Waals surface area contributed by atoms with E-state index < -0.39 is 0 Å². The van der Waals surface area contributed by atoms with Crippen LogP contribution in [0.25, 0.3) is 0 Å². The molecule has 0 saturated carbocycles. The zero-order valence-corrected chi connectivity index (χ0v) is 22.3. The van der Waals surface area contributed by atoms with Crippen LogP contribution in [0.2, 0.25) is 0 Å². The molecule has 0 aromatic heterocycles. The Kier molecular flexibility index (Phi) is 10.4.